The molecule has 4 heteroatoms. The summed E-state index contributed by atoms with van der Waals surface area (Å²) in [7, 11) is 0. The molecule has 0 unspecified atom stereocenters. The summed E-state index contributed by atoms with van der Waals surface area (Å²) in [6.45, 7) is 4.05. The Hall–Kier alpha value is -2.33. The van der Waals surface area contributed by atoms with Crippen LogP contribution in [0.15, 0.2) is 48.5 Å². The largest absolute Gasteiger partial charge is 0.358 e. The fourth-order valence-corrected chi connectivity index (χ4v) is 3.75. The van der Waals surface area contributed by atoms with E-state index >= 15 is 0 Å². The van der Waals surface area contributed by atoms with Crippen LogP contribution in [0.2, 0.25) is 0 Å². The number of H-pyrrole nitrogens is 1. The van der Waals surface area contributed by atoms with E-state index in [4.69, 9.17) is 12.2 Å². The molecule has 0 aliphatic carbocycles. The van der Waals surface area contributed by atoms with Crippen molar-refractivity contribution in [3.63, 3.8) is 0 Å². The normalized spacial score (nSPS) is 14.3. The van der Waals surface area contributed by atoms with Gasteiger partial charge in [-0.15, -0.1) is 0 Å². The monoisotopic (exact) mass is 335 g/mol. The van der Waals surface area contributed by atoms with Crippen LogP contribution in [-0.2, 0) is 12.8 Å². The average Bonchev–Trinajstić information content (AvgIpc) is 2.79. The molecule has 2 heterocycles. The van der Waals surface area contributed by atoms with Crippen LogP contribution in [0.4, 0.5) is 5.69 Å². The number of nitrogens with zero attached hydrogens (tertiary/aromatic N) is 1. The van der Waals surface area contributed by atoms with E-state index in [1.165, 1.54) is 27.7 Å². The Morgan fingerprint density at radius 1 is 1.08 bits per heavy atom. The van der Waals surface area contributed by atoms with Gasteiger partial charge in [-0.25, -0.2) is 0 Å². The van der Waals surface area contributed by atoms with Crippen LogP contribution in [0.25, 0.3) is 10.9 Å². The molecule has 0 atom stereocenters. The Bertz CT molecular complexity index is 883. The van der Waals surface area contributed by atoms with E-state index in [0.29, 0.717) is 0 Å². The van der Waals surface area contributed by atoms with Gasteiger partial charge in [-0.1, -0.05) is 29.8 Å². The van der Waals surface area contributed by atoms with Gasteiger partial charge in [0.15, 0.2) is 5.11 Å². The van der Waals surface area contributed by atoms with Crippen LogP contribution in [-0.4, -0.2) is 28.1 Å². The molecule has 3 nitrogen and oxygen atoms in total. The first-order valence-corrected chi connectivity index (χ1v) is 8.82. The molecule has 122 valence electrons. The summed E-state index contributed by atoms with van der Waals surface area (Å²) in [5.41, 5.74) is 6.43. The number of hydrogen-bond donors (Lipinski definition) is 2. The van der Waals surface area contributed by atoms with Gasteiger partial charge in [-0.2, -0.15) is 0 Å². The van der Waals surface area contributed by atoms with E-state index in [-0.39, 0.29) is 0 Å². The third kappa shape index (κ3) is 2.89. The number of aromatic amines is 1. The molecule has 2 N–H and O–H groups in total. The molecular weight excluding hydrogens is 314 g/mol. The van der Waals surface area contributed by atoms with Crippen molar-refractivity contribution < 1.29 is 0 Å². The Balaban J connectivity index is 1.52. The highest BCUT2D eigenvalue weighted by atomic mass is 32.1. The lowest BCUT2D eigenvalue weighted by Gasteiger charge is -2.24. The summed E-state index contributed by atoms with van der Waals surface area (Å²) in [5.74, 6) is 0. The molecular formula is C20H21N3S. The van der Waals surface area contributed by atoms with Crippen LogP contribution in [0.3, 0.4) is 0 Å². The minimum absolute atomic E-state index is 0.812. The predicted molar refractivity (Wildman–Crippen MR) is 105 cm³/mol. The second kappa shape index (κ2) is 6.29. The SMILES string of the molecule is Cc1ccc2[nH]c3c(c2c1)CCN(C(=S)Nc1ccccc1)CC3. The molecule has 3 aromatic rings. The Morgan fingerprint density at radius 3 is 2.71 bits per heavy atom. The third-order valence-corrected chi connectivity index (χ3v) is 5.09. The second-order valence-electron chi connectivity index (χ2n) is 6.41. The number of aromatic nitrogens is 1. The van der Waals surface area contributed by atoms with Crippen molar-refractivity contribution in [1.82, 2.24) is 9.88 Å². The van der Waals surface area contributed by atoms with Crippen molar-refractivity contribution in [1.29, 1.82) is 0 Å². The first kappa shape index (κ1) is 15.2. The van der Waals surface area contributed by atoms with E-state index in [1.54, 1.807) is 0 Å². The highest BCUT2D eigenvalue weighted by Crippen LogP contribution is 2.27. The Kier molecular flexibility index (Phi) is 3.98. The molecule has 0 saturated heterocycles. The molecule has 24 heavy (non-hydrogen) atoms. The van der Waals surface area contributed by atoms with Crippen molar-refractivity contribution >= 4 is 33.9 Å². The number of rotatable bonds is 1. The summed E-state index contributed by atoms with van der Waals surface area (Å²) in [4.78, 5) is 5.88. The maximum atomic E-state index is 5.62. The number of nitrogens with one attached hydrogen (secondary N) is 2. The summed E-state index contributed by atoms with van der Waals surface area (Å²) < 4.78 is 0. The van der Waals surface area contributed by atoms with Crippen LogP contribution in [0.5, 0.6) is 0 Å². The molecule has 2 aromatic carbocycles. The smallest absolute Gasteiger partial charge is 0.173 e. The lowest BCUT2D eigenvalue weighted by Crippen LogP contribution is -2.36. The second-order valence-corrected chi connectivity index (χ2v) is 6.80. The number of hydrogen-bond acceptors (Lipinski definition) is 1. The standard InChI is InChI=1S/C20H21N3S/c1-14-7-8-18-17(13-14)16-9-11-23(12-10-19(16)22-18)20(24)21-15-5-3-2-4-6-15/h2-8,13,22H,9-12H2,1H3,(H,21,24). The number of para-hydroxylation sites is 1. The first-order valence-electron chi connectivity index (χ1n) is 8.42. The van der Waals surface area contributed by atoms with Crippen LogP contribution >= 0.6 is 12.2 Å². The van der Waals surface area contributed by atoms with Crippen molar-refractivity contribution in [3.05, 3.63) is 65.4 Å². The first-order chi connectivity index (χ1) is 11.7. The van der Waals surface area contributed by atoms with E-state index in [0.717, 1.165) is 36.7 Å². The van der Waals surface area contributed by atoms with Gasteiger partial charge < -0.3 is 15.2 Å². The maximum absolute atomic E-state index is 5.62. The van der Waals surface area contributed by atoms with Gasteiger partial charge in [0.25, 0.3) is 0 Å². The van der Waals surface area contributed by atoms with Gasteiger partial charge >= 0.3 is 0 Å². The average molecular weight is 335 g/mol. The zero-order valence-corrected chi connectivity index (χ0v) is 14.6. The van der Waals surface area contributed by atoms with Gasteiger partial charge in [0.2, 0.25) is 0 Å². The number of fused-ring (bicyclic) bond motifs is 3. The molecule has 0 amide bonds. The topological polar surface area (TPSA) is 31.1 Å². The molecule has 1 aliphatic heterocycles. The molecule has 4 rings (SSSR count). The third-order valence-electron chi connectivity index (χ3n) is 4.73. The summed E-state index contributed by atoms with van der Waals surface area (Å²) >= 11 is 5.62. The van der Waals surface area contributed by atoms with Crippen molar-refractivity contribution in [3.8, 4) is 0 Å². The summed E-state index contributed by atoms with van der Waals surface area (Å²) in [5, 5.41) is 5.53. The fourth-order valence-electron chi connectivity index (χ4n) is 3.45. The molecule has 0 fully saturated rings. The molecule has 1 aromatic heterocycles. The van der Waals surface area contributed by atoms with Gasteiger partial charge in [-0.3, -0.25) is 0 Å². The van der Waals surface area contributed by atoms with Crippen molar-refractivity contribution in [2.24, 2.45) is 0 Å². The minimum Gasteiger partial charge on any atom is -0.358 e. The fraction of sp³-hybridized carbons (Fsp3) is 0.250. The van der Waals surface area contributed by atoms with Gasteiger partial charge in [-0.05, 0) is 55.4 Å². The zero-order chi connectivity index (χ0) is 16.5. The van der Waals surface area contributed by atoms with E-state index in [2.05, 4.69) is 40.3 Å². The van der Waals surface area contributed by atoms with E-state index in [9.17, 15) is 0 Å². The molecule has 0 radical (unpaired) electrons. The maximum Gasteiger partial charge on any atom is 0.173 e. The predicted octanol–water partition coefficient (Wildman–Crippen LogP) is 4.27. The number of benzene rings is 2. The van der Waals surface area contributed by atoms with Crippen LogP contribution < -0.4 is 5.32 Å². The Morgan fingerprint density at radius 2 is 1.88 bits per heavy atom. The lowest BCUT2D eigenvalue weighted by atomic mass is 10.1. The van der Waals surface area contributed by atoms with Gasteiger partial charge in [0, 0.05) is 41.8 Å². The molecule has 0 saturated carbocycles. The quantitative estimate of drug-likeness (QED) is 0.651. The highest BCUT2D eigenvalue weighted by Gasteiger charge is 2.19. The van der Waals surface area contributed by atoms with Gasteiger partial charge in [0.1, 0.15) is 0 Å². The lowest BCUT2D eigenvalue weighted by molar-refractivity contribution is 0.445. The van der Waals surface area contributed by atoms with Crippen LogP contribution in [0.1, 0.15) is 16.8 Å². The molecule has 0 spiro atoms. The number of thiocarbonyl (C=S) groups is 1. The van der Waals surface area contributed by atoms with E-state index in [1.807, 2.05) is 30.3 Å². The zero-order valence-electron chi connectivity index (χ0n) is 13.8. The van der Waals surface area contributed by atoms with E-state index < -0.39 is 0 Å². The number of aryl methyl sites for hydroxylation is 1. The number of anilines is 1. The van der Waals surface area contributed by atoms with Crippen molar-refractivity contribution in [2.45, 2.75) is 19.8 Å². The van der Waals surface area contributed by atoms with Crippen molar-refractivity contribution in [2.75, 3.05) is 18.4 Å². The molecule has 1 aliphatic rings. The Labute approximate surface area is 147 Å². The summed E-state index contributed by atoms with van der Waals surface area (Å²) in [6.07, 6.45) is 2.02. The minimum atomic E-state index is 0.812. The highest BCUT2D eigenvalue weighted by molar-refractivity contribution is 7.80. The van der Waals surface area contributed by atoms with Gasteiger partial charge in [0.05, 0.1) is 0 Å². The molecule has 0 bridgehead atoms. The van der Waals surface area contributed by atoms with Crippen LogP contribution in [0, 0.1) is 6.92 Å². The summed E-state index contributed by atoms with van der Waals surface area (Å²) in [6, 6.07) is 16.8.